The van der Waals surface area contributed by atoms with E-state index >= 15 is 0 Å². The molecule has 1 aliphatic heterocycles. The zero-order chi connectivity index (χ0) is 24.8. The Morgan fingerprint density at radius 3 is 2.56 bits per heavy atom. The molecule has 0 unspecified atom stereocenters. The summed E-state index contributed by atoms with van der Waals surface area (Å²) in [5, 5.41) is 15.3. The van der Waals surface area contributed by atoms with Crippen molar-refractivity contribution in [2.24, 2.45) is 0 Å². The standard InChI is InChI=1S/C23H23N3O6S2/c1-12-14(19(27)24-10-13-11-25-21(33-13)23(2,3)22(29)30)8-9-17-18(12)26-20(28)15-6-4-5-7-16(15)34(17,31)32/h4-9,11,31-32H,10H2,1-3H3,(H,24,27)(H,26,28)(H,29,30). The largest absolute Gasteiger partial charge is 0.481 e. The van der Waals surface area contributed by atoms with Crippen LogP contribution < -0.4 is 10.6 Å². The zero-order valence-corrected chi connectivity index (χ0v) is 20.2. The van der Waals surface area contributed by atoms with Crippen molar-refractivity contribution in [2.75, 3.05) is 5.32 Å². The number of carbonyl (C=O) groups excluding carboxylic acids is 2. The fourth-order valence-electron chi connectivity index (χ4n) is 3.56. The summed E-state index contributed by atoms with van der Waals surface area (Å²) in [5.74, 6) is -1.92. The minimum Gasteiger partial charge on any atom is -0.481 e. The highest BCUT2D eigenvalue weighted by Crippen LogP contribution is 2.61. The third-order valence-electron chi connectivity index (χ3n) is 5.70. The van der Waals surface area contributed by atoms with Gasteiger partial charge in [0.25, 0.3) is 11.8 Å². The number of rotatable bonds is 5. The Bertz CT molecular complexity index is 1330. The number of nitrogens with zero attached hydrogens (tertiary/aromatic N) is 1. The third-order valence-corrected chi connectivity index (χ3v) is 8.94. The van der Waals surface area contributed by atoms with Crippen LogP contribution in [0.3, 0.4) is 0 Å². The molecule has 0 radical (unpaired) electrons. The summed E-state index contributed by atoms with van der Waals surface area (Å²) < 4.78 is 22.0. The molecule has 2 amide bonds. The zero-order valence-electron chi connectivity index (χ0n) is 18.6. The van der Waals surface area contributed by atoms with Gasteiger partial charge in [-0.3, -0.25) is 23.5 Å². The summed E-state index contributed by atoms with van der Waals surface area (Å²) >= 11 is 1.20. The topological polar surface area (TPSA) is 149 Å². The van der Waals surface area contributed by atoms with E-state index in [1.807, 2.05) is 0 Å². The van der Waals surface area contributed by atoms with Crippen molar-refractivity contribution in [1.82, 2.24) is 10.3 Å². The number of hydrogen-bond acceptors (Lipinski definition) is 7. The van der Waals surface area contributed by atoms with E-state index in [0.717, 1.165) is 0 Å². The summed E-state index contributed by atoms with van der Waals surface area (Å²) in [6.45, 7) is 4.88. The van der Waals surface area contributed by atoms with Gasteiger partial charge in [-0.1, -0.05) is 12.1 Å². The highest BCUT2D eigenvalue weighted by molar-refractivity contribution is 8.24. The van der Waals surface area contributed by atoms with Crippen LogP contribution in [0.5, 0.6) is 0 Å². The quantitative estimate of drug-likeness (QED) is 0.346. The van der Waals surface area contributed by atoms with Gasteiger partial charge in [0.1, 0.15) is 10.4 Å². The first-order valence-corrected chi connectivity index (χ1v) is 12.6. The average molecular weight is 502 g/mol. The first-order chi connectivity index (χ1) is 15.9. The number of carboxylic acid groups (broad SMARTS) is 1. The number of aromatic nitrogens is 1. The molecule has 1 aliphatic rings. The van der Waals surface area contributed by atoms with Crippen molar-refractivity contribution in [3.63, 3.8) is 0 Å². The number of thiazole rings is 1. The Labute approximate surface area is 201 Å². The fraction of sp³-hybridized carbons (Fsp3) is 0.217. The summed E-state index contributed by atoms with van der Waals surface area (Å²) in [6.07, 6.45) is 1.53. The van der Waals surface area contributed by atoms with E-state index in [1.165, 1.54) is 41.8 Å². The highest BCUT2D eigenvalue weighted by Gasteiger charge is 2.34. The third kappa shape index (κ3) is 3.96. The van der Waals surface area contributed by atoms with Crippen molar-refractivity contribution in [3.05, 3.63) is 69.2 Å². The fourth-order valence-corrected chi connectivity index (χ4v) is 6.22. The molecule has 178 valence electrons. The maximum atomic E-state index is 12.9. The van der Waals surface area contributed by atoms with Gasteiger partial charge in [-0.15, -0.1) is 21.9 Å². The van der Waals surface area contributed by atoms with E-state index in [1.54, 1.807) is 32.9 Å². The molecular formula is C23H23N3O6S2. The van der Waals surface area contributed by atoms with Crippen molar-refractivity contribution < 1.29 is 28.6 Å². The second kappa shape index (κ2) is 8.51. The Hall–Kier alpha value is -3.25. The predicted molar refractivity (Wildman–Crippen MR) is 129 cm³/mol. The molecule has 2 aromatic carbocycles. The maximum absolute atomic E-state index is 12.9. The predicted octanol–water partition coefficient (Wildman–Crippen LogP) is 4.48. The van der Waals surface area contributed by atoms with Gasteiger partial charge in [-0.25, -0.2) is 4.98 Å². The van der Waals surface area contributed by atoms with Gasteiger partial charge in [0.05, 0.1) is 27.6 Å². The molecule has 2 heterocycles. The molecule has 3 aromatic rings. The van der Waals surface area contributed by atoms with Gasteiger partial charge in [-0.05, 0) is 50.6 Å². The molecular weight excluding hydrogens is 478 g/mol. The molecule has 0 saturated heterocycles. The van der Waals surface area contributed by atoms with Gasteiger partial charge in [-0.2, -0.15) is 0 Å². The van der Waals surface area contributed by atoms with Gasteiger partial charge < -0.3 is 15.7 Å². The first-order valence-electron chi connectivity index (χ1n) is 10.2. The second-order valence-corrected chi connectivity index (χ2v) is 11.4. The SMILES string of the molecule is Cc1c(C(=O)NCc2cnc(C(C)(C)C(=O)O)s2)ccc2c1NC(=O)c1ccccc1S2(O)O. The molecule has 4 rings (SSSR count). The van der Waals surface area contributed by atoms with Crippen LogP contribution in [0, 0.1) is 6.92 Å². The lowest BCUT2D eigenvalue weighted by atomic mass is 9.95. The van der Waals surface area contributed by atoms with Crippen LogP contribution in [-0.4, -0.2) is 37.0 Å². The molecule has 0 atom stereocenters. The summed E-state index contributed by atoms with van der Waals surface area (Å²) in [7, 11) is -3.48. The Morgan fingerprint density at radius 2 is 1.85 bits per heavy atom. The molecule has 0 bridgehead atoms. The maximum Gasteiger partial charge on any atom is 0.316 e. The molecule has 1 aromatic heterocycles. The number of hydrogen-bond donors (Lipinski definition) is 5. The van der Waals surface area contributed by atoms with E-state index in [4.69, 9.17) is 0 Å². The molecule has 11 heteroatoms. The highest BCUT2D eigenvalue weighted by atomic mass is 32.3. The van der Waals surface area contributed by atoms with Crippen LogP contribution in [0.2, 0.25) is 0 Å². The van der Waals surface area contributed by atoms with Crippen LogP contribution in [0.4, 0.5) is 5.69 Å². The van der Waals surface area contributed by atoms with E-state index in [-0.39, 0.29) is 33.2 Å². The van der Waals surface area contributed by atoms with E-state index in [9.17, 15) is 28.6 Å². The molecule has 0 aliphatic carbocycles. The van der Waals surface area contributed by atoms with E-state index < -0.39 is 33.8 Å². The normalized spacial score (nSPS) is 15.4. The Morgan fingerprint density at radius 1 is 1.15 bits per heavy atom. The molecule has 0 saturated carbocycles. The van der Waals surface area contributed by atoms with Gasteiger partial charge >= 0.3 is 5.97 Å². The first kappa shape index (κ1) is 23.9. The van der Waals surface area contributed by atoms with Crippen molar-refractivity contribution >= 4 is 45.4 Å². The van der Waals surface area contributed by atoms with Crippen LogP contribution in [-0.2, 0) is 16.8 Å². The minimum atomic E-state index is -3.48. The lowest BCUT2D eigenvalue weighted by Crippen LogP contribution is -2.28. The number of anilines is 1. The monoisotopic (exact) mass is 501 g/mol. The van der Waals surface area contributed by atoms with Crippen LogP contribution in [0.1, 0.15) is 50.0 Å². The number of aliphatic carboxylic acids is 1. The van der Waals surface area contributed by atoms with Gasteiger partial charge in [0.2, 0.25) is 0 Å². The van der Waals surface area contributed by atoms with Crippen LogP contribution >= 0.6 is 21.9 Å². The molecule has 5 N–H and O–H groups in total. The average Bonchev–Trinajstić information content (AvgIpc) is 3.25. The number of amides is 2. The smallest absolute Gasteiger partial charge is 0.316 e. The van der Waals surface area contributed by atoms with Gasteiger partial charge in [0, 0.05) is 16.6 Å². The molecule has 9 nitrogen and oxygen atoms in total. The lowest BCUT2D eigenvalue weighted by Gasteiger charge is -2.33. The van der Waals surface area contributed by atoms with E-state index in [2.05, 4.69) is 15.6 Å². The minimum absolute atomic E-state index is 0.133. The number of carbonyl (C=O) groups is 3. The van der Waals surface area contributed by atoms with Gasteiger partial charge in [0.15, 0.2) is 0 Å². The lowest BCUT2D eigenvalue weighted by molar-refractivity contribution is -0.142. The number of fused-ring (bicyclic) bond motifs is 2. The van der Waals surface area contributed by atoms with Crippen molar-refractivity contribution in [1.29, 1.82) is 0 Å². The molecule has 0 fully saturated rings. The summed E-state index contributed by atoms with van der Waals surface area (Å²) in [4.78, 5) is 42.3. The van der Waals surface area contributed by atoms with Crippen LogP contribution in [0.25, 0.3) is 0 Å². The molecule has 0 spiro atoms. The van der Waals surface area contributed by atoms with Crippen molar-refractivity contribution in [3.8, 4) is 0 Å². The second-order valence-electron chi connectivity index (χ2n) is 8.35. The molecule has 34 heavy (non-hydrogen) atoms. The number of nitrogens with one attached hydrogen (secondary N) is 2. The Kier molecular flexibility index (Phi) is 5.98. The van der Waals surface area contributed by atoms with Crippen LogP contribution in [0.15, 0.2) is 52.4 Å². The number of benzene rings is 2. The summed E-state index contributed by atoms with van der Waals surface area (Å²) in [6, 6.07) is 9.21. The summed E-state index contributed by atoms with van der Waals surface area (Å²) in [5.41, 5.74) is -0.129. The van der Waals surface area contributed by atoms with E-state index in [0.29, 0.717) is 15.4 Å². The number of carboxylic acids is 1. The van der Waals surface area contributed by atoms with Crippen molar-refractivity contribution in [2.45, 2.75) is 42.5 Å². The Balaban J connectivity index is 1.60.